The molecule has 1 fully saturated rings. The van der Waals surface area contributed by atoms with Crippen molar-refractivity contribution in [3.05, 3.63) is 23.6 Å². The van der Waals surface area contributed by atoms with Gasteiger partial charge >= 0.3 is 0 Å². The fourth-order valence-electron chi connectivity index (χ4n) is 2.71. The topological polar surface area (TPSA) is 109 Å². The molecule has 0 aliphatic carbocycles. The minimum atomic E-state index is -0.504. The fraction of sp³-hybridized carbons (Fsp3) is 0.250. The van der Waals surface area contributed by atoms with E-state index in [9.17, 15) is 14.4 Å². The zero-order valence-electron chi connectivity index (χ0n) is 13.0. The SMILES string of the molecule is O=C1COc2ccc(-c3csc(NC(=O)C4CCC(=O)N4)n3)cc2N1. The van der Waals surface area contributed by atoms with Crippen LogP contribution in [0.5, 0.6) is 5.75 Å². The van der Waals surface area contributed by atoms with Gasteiger partial charge in [0.2, 0.25) is 11.8 Å². The molecular formula is C16H14N4O4S. The predicted molar refractivity (Wildman–Crippen MR) is 91.5 cm³/mol. The summed E-state index contributed by atoms with van der Waals surface area (Å²) in [6, 6.07) is 4.89. The lowest BCUT2D eigenvalue weighted by Gasteiger charge is -2.18. The number of rotatable bonds is 3. The highest BCUT2D eigenvalue weighted by molar-refractivity contribution is 7.14. The van der Waals surface area contributed by atoms with E-state index in [1.807, 2.05) is 11.4 Å². The second-order valence-corrected chi connectivity index (χ2v) is 6.59. The Hall–Kier alpha value is -2.94. The minimum absolute atomic E-state index is 0.0108. The number of nitrogens with zero attached hydrogens (tertiary/aromatic N) is 1. The van der Waals surface area contributed by atoms with E-state index < -0.39 is 6.04 Å². The van der Waals surface area contributed by atoms with Gasteiger partial charge in [-0.1, -0.05) is 0 Å². The summed E-state index contributed by atoms with van der Waals surface area (Å²) in [6.07, 6.45) is 0.859. The monoisotopic (exact) mass is 358 g/mol. The van der Waals surface area contributed by atoms with E-state index in [4.69, 9.17) is 4.74 Å². The number of carbonyl (C=O) groups excluding carboxylic acids is 3. The highest BCUT2D eigenvalue weighted by atomic mass is 32.1. The van der Waals surface area contributed by atoms with Crippen molar-refractivity contribution in [2.24, 2.45) is 0 Å². The number of thiazole rings is 1. The van der Waals surface area contributed by atoms with Gasteiger partial charge in [0, 0.05) is 17.4 Å². The summed E-state index contributed by atoms with van der Waals surface area (Å²) in [4.78, 5) is 39.1. The van der Waals surface area contributed by atoms with Crippen molar-refractivity contribution in [2.75, 3.05) is 17.2 Å². The summed E-state index contributed by atoms with van der Waals surface area (Å²) < 4.78 is 5.33. The second kappa shape index (κ2) is 6.17. The van der Waals surface area contributed by atoms with E-state index >= 15 is 0 Å². The molecule has 3 amide bonds. The molecular weight excluding hydrogens is 344 g/mol. The molecule has 1 saturated heterocycles. The standard InChI is InChI=1S/C16H14N4O4S/c21-13-4-2-9(17-13)15(23)20-16-19-11(7-25-16)8-1-3-12-10(5-8)18-14(22)6-24-12/h1,3,5,7,9H,2,4,6H2,(H,17,21)(H,18,22)(H,19,20,23). The number of carbonyl (C=O) groups is 3. The van der Waals surface area contributed by atoms with Crippen molar-refractivity contribution in [2.45, 2.75) is 18.9 Å². The van der Waals surface area contributed by atoms with Gasteiger partial charge in [0.25, 0.3) is 5.91 Å². The minimum Gasteiger partial charge on any atom is -0.482 e. The summed E-state index contributed by atoms with van der Waals surface area (Å²) in [5.41, 5.74) is 2.08. The van der Waals surface area contributed by atoms with Crippen molar-refractivity contribution >= 4 is 39.9 Å². The van der Waals surface area contributed by atoms with Crippen LogP contribution in [0.1, 0.15) is 12.8 Å². The molecule has 1 atom stereocenters. The maximum absolute atomic E-state index is 12.1. The van der Waals surface area contributed by atoms with Gasteiger partial charge in [0.05, 0.1) is 11.4 Å². The molecule has 128 valence electrons. The number of aromatic nitrogens is 1. The number of ether oxygens (including phenoxy) is 1. The first kappa shape index (κ1) is 15.6. The van der Waals surface area contributed by atoms with Crippen LogP contribution < -0.4 is 20.7 Å². The van der Waals surface area contributed by atoms with Gasteiger partial charge < -0.3 is 20.7 Å². The van der Waals surface area contributed by atoms with E-state index in [1.165, 1.54) is 11.3 Å². The van der Waals surface area contributed by atoms with Crippen LogP contribution in [0.25, 0.3) is 11.3 Å². The molecule has 4 rings (SSSR count). The average Bonchev–Trinajstić information content (AvgIpc) is 3.23. The van der Waals surface area contributed by atoms with Crippen molar-refractivity contribution < 1.29 is 19.1 Å². The smallest absolute Gasteiger partial charge is 0.262 e. The Labute approximate surface area is 146 Å². The van der Waals surface area contributed by atoms with Gasteiger partial charge in [0.15, 0.2) is 11.7 Å². The summed E-state index contributed by atoms with van der Waals surface area (Å²) >= 11 is 1.30. The molecule has 0 saturated carbocycles. The first-order valence-corrected chi connectivity index (χ1v) is 8.59. The first-order chi connectivity index (χ1) is 12.1. The van der Waals surface area contributed by atoms with Crippen molar-refractivity contribution in [1.29, 1.82) is 0 Å². The highest BCUT2D eigenvalue weighted by Gasteiger charge is 2.27. The normalized spacial score (nSPS) is 18.8. The van der Waals surface area contributed by atoms with Crippen molar-refractivity contribution in [1.82, 2.24) is 10.3 Å². The largest absolute Gasteiger partial charge is 0.482 e. The lowest BCUT2D eigenvalue weighted by molar-refractivity contribution is -0.122. The Balaban J connectivity index is 1.49. The molecule has 1 aromatic heterocycles. The molecule has 3 N–H and O–H groups in total. The van der Waals surface area contributed by atoms with E-state index in [2.05, 4.69) is 20.9 Å². The third-order valence-corrected chi connectivity index (χ3v) is 4.71. The predicted octanol–water partition coefficient (Wildman–Crippen LogP) is 1.36. The molecule has 1 unspecified atom stereocenters. The van der Waals surface area contributed by atoms with Crippen LogP contribution in [0.3, 0.4) is 0 Å². The third-order valence-electron chi connectivity index (χ3n) is 3.95. The van der Waals surface area contributed by atoms with Crippen LogP contribution in [-0.4, -0.2) is 35.4 Å². The first-order valence-electron chi connectivity index (χ1n) is 7.71. The summed E-state index contributed by atoms with van der Waals surface area (Å²) in [6.45, 7) is 0.0108. The lowest BCUT2D eigenvalue weighted by Crippen LogP contribution is -2.37. The van der Waals surface area contributed by atoms with Gasteiger partial charge in [-0.05, 0) is 24.6 Å². The second-order valence-electron chi connectivity index (χ2n) is 5.73. The molecule has 0 bridgehead atoms. The molecule has 2 aliphatic rings. The van der Waals surface area contributed by atoms with Gasteiger partial charge in [-0.25, -0.2) is 4.98 Å². The molecule has 3 heterocycles. The van der Waals surface area contributed by atoms with E-state index in [0.29, 0.717) is 35.1 Å². The average molecular weight is 358 g/mol. The summed E-state index contributed by atoms with van der Waals surface area (Å²) in [7, 11) is 0. The van der Waals surface area contributed by atoms with Crippen molar-refractivity contribution in [3.63, 3.8) is 0 Å². The molecule has 0 radical (unpaired) electrons. The number of benzene rings is 1. The van der Waals surface area contributed by atoms with Crippen LogP contribution in [0.2, 0.25) is 0 Å². The number of fused-ring (bicyclic) bond motifs is 1. The summed E-state index contributed by atoms with van der Waals surface area (Å²) in [5.74, 6) is 0.0368. The number of amides is 3. The number of anilines is 2. The zero-order chi connectivity index (χ0) is 17.4. The Morgan fingerprint density at radius 1 is 1.32 bits per heavy atom. The molecule has 1 aromatic carbocycles. The van der Waals surface area contributed by atoms with Crippen molar-refractivity contribution in [3.8, 4) is 17.0 Å². The van der Waals surface area contributed by atoms with Crippen LogP contribution in [0.4, 0.5) is 10.8 Å². The van der Waals surface area contributed by atoms with Crippen LogP contribution >= 0.6 is 11.3 Å². The Morgan fingerprint density at radius 2 is 2.20 bits per heavy atom. The summed E-state index contributed by atoms with van der Waals surface area (Å²) in [5, 5.41) is 10.4. The fourth-order valence-corrected chi connectivity index (χ4v) is 3.43. The van der Waals surface area contributed by atoms with Crippen LogP contribution in [0, 0.1) is 0 Å². The maximum atomic E-state index is 12.1. The van der Waals surface area contributed by atoms with Crippen LogP contribution in [0.15, 0.2) is 23.6 Å². The molecule has 0 spiro atoms. The quantitative estimate of drug-likeness (QED) is 0.767. The van der Waals surface area contributed by atoms with Gasteiger partial charge in [-0.3, -0.25) is 14.4 Å². The molecule has 25 heavy (non-hydrogen) atoms. The highest BCUT2D eigenvalue weighted by Crippen LogP contribution is 2.33. The zero-order valence-corrected chi connectivity index (χ0v) is 13.8. The van der Waals surface area contributed by atoms with Gasteiger partial charge in [-0.2, -0.15) is 0 Å². The van der Waals surface area contributed by atoms with E-state index in [0.717, 1.165) is 5.56 Å². The van der Waals surface area contributed by atoms with Gasteiger partial charge in [0.1, 0.15) is 11.8 Å². The number of nitrogens with one attached hydrogen (secondary N) is 3. The molecule has 2 aliphatic heterocycles. The van der Waals surface area contributed by atoms with E-state index in [-0.39, 0.29) is 24.3 Å². The Kier molecular flexibility index (Phi) is 3.85. The third kappa shape index (κ3) is 3.18. The number of hydrogen-bond donors (Lipinski definition) is 3. The lowest BCUT2D eigenvalue weighted by atomic mass is 10.1. The maximum Gasteiger partial charge on any atom is 0.262 e. The number of hydrogen-bond acceptors (Lipinski definition) is 6. The van der Waals surface area contributed by atoms with Crippen LogP contribution in [-0.2, 0) is 14.4 Å². The molecule has 9 heteroatoms. The Morgan fingerprint density at radius 3 is 3.00 bits per heavy atom. The van der Waals surface area contributed by atoms with E-state index in [1.54, 1.807) is 12.1 Å². The molecule has 2 aromatic rings. The van der Waals surface area contributed by atoms with Gasteiger partial charge in [-0.15, -0.1) is 11.3 Å². The molecule has 8 nitrogen and oxygen atoms in total. The Bertz CT molecular complexity index is 879.